The van der Waals surface area contributed by atoms with Crippen LogP contribution in [-0.2, 0) is 17.9 Å². The predicted molar refractivity (Wildman–Crippen MR) is 60.9 cm³/mol. The van der Waals surface area contributed by atoms with Gasteiger partial charge in [0, 0.05) is 6.20 Å². The SMILES string of the molecule is O=C(O)Cn1cc(C(=O)NCc2cccnn2)nn1. The summed E-state index contributed by atoms with van der Waals surface area (Å²) in [5.41, 5.74) is 0.652. The Balaban J connectivity index is 1.93. The van der Waals surface area contributed by atoms with Gasteiger partial charge in [0.25, 0.3) is 5.91 Å². The van der Waals surface area contributed by atoms with Gasteiger partial charge in [0.05, 0.1) is 18.4 Å². The van der Waals surface area contributed by atoms with Crippen molar-refractivity contribution in [1.82, 2.24) is 30.5 Å². The number of hydrogen-bond donors (Lipinski definition) is 2. The van der Waals surface area contributed by atoms with Crippen molar-refractivity contribution in [2.75, 3.05) is 0 Å². The number of aromatic nitrogens is 5. The first-order valence-corrected chi connectivity index (χ1v) is 5.32. The number of carboxylic acid groups (broad SMARTS) is 1. The Bertz CT molecular complexity index is 582. The number of carboxylic acids is 1. The third-order valence-corrected chi connectivity index (χ3v) is 2.13. The van der Waals surface area contributed by atoms with Crippen LogP contribution in [0.1, 0.15) is 16.2 Å². The molecule has 0 spiro atoms. The van der Waals surface area contributed by atoms with Gasteiger partial charge in [0.15, 0.2) is 5.69 Å². The standard InChI is InChI=1S/C10H10N6O3/c17-9(18)6-16-5-8(14-15-16)10(19)11-4-7-2-1-3-12-13-7/h1-3,5H,4,6H2,(H,11,19)(H,17,18). The molecule has 0 bridgehead atoms. The van der Waals surface area contributed by atoms with Gasteiger partial charge in [-0.25, -0.2) is 4.68 Å². The summed E-state index contributed by atoms with van der Waals surface area (Å²) < 4.78 is 1.07. The van der Waals surface area contributed by atoms with E-state index in [0.717, 1.165) is 4.68 Å². The van der Waals surface area contributed by atoms with Crippen LogP contribution in [0.4, 0.5) is 0 Å². The zero-order valence-corrected chi connectivity index (χ0v) is 9.72. The normalized spacial score (nSPS) is 10.1. The molecule has 0 saturated heterocycles. The third kappa shape index (κ3) is 3.56. The van der Waals surface area contributed by atoms with Crippen LogP contribution < -0.4 is 5.32 Å². The maximum atomic E-state index is 11.7. The fourth-order valence-electron chi connectivity index (χ4n) is 1.31. The van der Waals surface area contributed by atoms with Gasteiger partial charge in [-0.05, 0) is 12.1 Å². The van der Waals surface area contributed by atoms with Crippen LogP contribution in [0.25, 0.3) is 0 Å². The molecule has 19 heavy (non-hydrogen) atoms. The van der Waals surface area contributed by atoms with Crippen molar-refractivity contribution in [1.29, 1.82) is 0 Å². The molecule has 2 aromatic rings. The third-order valence-electron chi connectivity index (χ3n) is 2.13. The van der Waals surface area contributed by atoms with Crippen molar-refractivity contribution in [3.05, 3.63) is 35.9 Å². The Labute approximate surface area is 107 Å². The largest absolute Gasteiger partial charge is 0.480 e. The average molecular weight is 262 g/mol. The molecule has 9 heteroatoms. The van der Waals surface area contributed by atoms with Crippen molar-refractivity contribution in [3.8, 4) is 0 Å². The number of aliphatic carboxylic acids is 1. The molecule has 0 radical (unpaired) electrons. The molecule has 0 aliphatic rings. The lowest BCUT2D eigenvalue weighted by atomic mass is 10.3. The maximum Gasteiger partial charge on any atom is 0.325 e. The summed E-state index contributed by atoms with van der Waals surface area (Å²) in [5, 5.41) is 25.7. The molecule has 0 atom stereocenters. The molecule has 98 valence electrons. The number of nitrogens with zero attached hydrogens (tertiary/aromatic N) is 5. The van der Waals surface area contributed by atoms with E-state index < -0.39 is 11.9 Å². The number of hydrogen-bond acceptors (Lipinski definition) is 6. The molecule has 0 saturated carbocycles. The van der Waals surface area contributed by atoms with Crippen LogP contribution >= 0.6 is 0 Å². The van der Waals surface area contributed by atoms with E-state index in [1.54, 1.807) is 12.1 Å². The molecular formula is C10H10N6O3. The highest BCUT2D eigenvalue weighted by atomic mass is 16.4. The average Bonchev–Trinajstić information content (AvgIpc) is 2.85. The summed E-state index contributed by atoms with van der Waals surface area (Å²) >= 11 is 0. The van der Waals surface area contributed by atoms with E-state index in [9.17, 15) is 9.59 Å². The second kappa shape index (κ2) is 5.67. The molecule has 1 amide bonds. The second-order valence-electron chi connectivity index (χ2n) is 3.59. The summed E-state index contributed by atoms with van der Waals surface area (Å²) in [7, 11) is 0. The molecule has 2 aromatic heterocycles. The number of nitrogens with one attached hydrogen (secondary N) is 1. The van der Waals surface area contributed by atoms with Gasteiger partial charge in [0.2, 0.25) is 0 Å². The fourth-order valence-corrected chi connectivity index (χ4v) is 1.31. The lowest BCUT2D eigenvalue weighted by Crippen LogP contribution is -2.23. The Kier molecular flexibility index (Phi) is 3.76. The molecule has 2 N–H and O–H groups in total. The van der Waals surface area contributed by atoms with Crippen LogP contribution in [0, 0.1) is 0 Å². The maximum absolute atomic E-state index is 11.7. The zero-order valence-electron chi connectivity index (χ0n) is 9.72. The van der Waals surface area contributed by atoms with E-state index in [4.69, 9.17) is 5.11 Å². The summed E-state index contributed by atoms with van der Waals surface area (Å²) in [4.78, 5) is 22.1. The second-order valence-corrected chi connectivity index (χ2v) is 3.59. The molecule has 0 aromatic carbocycles. The minimum atomic E-state index is -1.06. The smallest absolute Gasteiger partial charge is 0.325 e. The van der Waals surface area contributed by atoms with Gasteiger partial charge >= 0.3 is 5.97 Å². The first-order chi connectivity index (χ1) is 9.15. The van der Waals surface area contributed by atoms with Crippen molar-refractivity contribution in [3.63, 3.8) is 0 Å². The van der Waals surface area contributed by atoms with Crippen molar-refractivity contribution in [2.45, 2.75) is 13.1 Å². The summed E-state index contributed by atoms with van der Waals surface area (Å²) in [6.45, 7) is -0.136. The minimum absolute atomic E-state index is 0.0464. The summed E-state index contributed by atoms with van der Waals surface area (Å²) in [6, 6.07) is 3.42. The highest BCUT2D eigenvalue weighted by Gasteiger charge is 2.11. The van der Waals surface area contributed by atoms with Crippen LogP contribution in [0.2, 0.25) is 0 Å². The van der Waals surface area contributed by atoms with Crippen molar-refractivity contribution < 1.29 is 14.7 Å². The van der Waals surface area contributed by atoms with Gasteiger partial charge < -0.3 is 10.4 Å². The van der Waals surface area contributed by atoms with E-state index in [-0.39, 0.29) is 18.8 Å². The van der Waals surface area contributed by atoms with Crippen molar-refractivity contribution in [2.24, 2.45) is 0 Å². The van der Waals surface area contributed by atoms with Crippen molar-refractivity contribution >= 4 is 11.9 Å². The first-order valence-electron chi connectivity index (χ1n) is 5.32. The zero-order chi connectivity index (χ0) is 13.7. The molecule has 2 rings (SSSR count). The van der Waals surface area contributed by atoms with Crippen LogP contribution in [0.15, 0.2) is 24.5 Å². The molecule has 0 fully saturated rings. The van der Waals surface area contributed by atoms with E-state index >= 15 is 0 Å². The monoisotopic (exact) mass is 262 g/mol. The van der Waals surface area contributed by atoms with Gasteiger partial charge in [-0.3, -0.25) is 9.59 Å². The van der Waals surface area contributed by atoms with Crippen LogP contribution in [0.3, 0.4) is 0 Å². The van der Waals surface area contributed by atoms with Gasteiger partial charge in [0.1, 0.15) is 6.54 Å². The minimum Gasteiger partial charge on any atom is -0.480 e. The Morgan fingerprint density at radius 3 is 2.89 bits per heavy atom. The van der Waals surface area contributed by atoms with Crippen LogP contribution in [0.5, 0.6) is 0 Å². The lowest BCUT2D eigenvalue weighted by Gasteiger charge is -2.00. The van der Waals surface area contributed by atoms with Gasteiger partial charge in [-0.1, -0.05) is 5.21 Å². The van der Waals surface area contributed by atoms with E-state index in [1.807, 2.05) is 0 Å². The van der Waals surface area contributed by atoms with Gasteiger partial charge in [-0.15, -0.1) is 5.10 Å². The summed E-state index contributed by atoms with van der Waals surface area (Å²) in [5.74, 6) is -1.52. The molecule has 0 unspecified atom stereocenters. The Morgan fingerprint density at radius 2 is 2.21 bits per heavy atom. The van der Waals surface area contributed by atoms with Gasteiger partial charge in [-0.2, -0.15) is 10.2 Å². The molecule has 9 nitrogen and oxygen atoms in total. The fraction of sp³-hybridized carbons (Fsp3) is 0.200. The Morgan fingerprint density at radius 1 is 1.37 bits per heavy atom. The molecular weight excluding hydrogens is 252 g/mol. The Hall–Kier alpha value is -2.84. The van der Waals surface area contributed by atoms with E-state index in [2.05, 4.69) is 25.8 Å². The highest BCUT2D eigenvalue weighted by Crippen LogP contribution is 1.95. The molecule has 2 heterocycles. The quantitative estimate of drug-likeness (QED) is 0.714. The number of amides is 1. The molecule has 0 aliphatic carbocycles. The number of carbonyl (C=O) groups is 2. The number of rotatable bonds is 5. The van der Waals surface area contributed by atoms with E-state index in [1.165, 1.54) is 12.4 Å². The van der Waals surface area contributed by atoms with Crippen LogP contribution in [-0.4, -0.2) is 42.2 Å². The number of carbonyl (C=O) groups excluding carboxylic acids is 1. The highest BCUT2D eigenvalue weighted by molar-refractivity contribution is 5.91. The van der Waals surface area contributed by atoms with E-state index in [0.29, 0.717) is 5.69 Å². The predicted octanol–water partition coefficient (Wildman–Crippen LogP) is -0.917. The summed E-state index contributed by atoms with van der Waals surface area (Å²) in [6.07, 6.45) is 2.79. The topological polar surface area (TPSA) is 123 Å². The first kappa shape index (κ1) is 12.6. The molecule has 0 aliphatic heterocycles. The lowest BCUT2D eigenvalue weighted by molar-refractivity contribution is -0.137.